The lowest BCUT2D eigenvalue weighted by molar-refractivity contribution is -0.138. The van der Waals surface area contributed by atoms with Gasteiger partial charge in [-0.3, -0.25) is 4.79 Å². The van der Waals surface area contributed by atoms with Crippen LogP contribution in [0.3, 0.4) is 0 Å². The van der Waals surface area contributed by atoms with Crippen molar-refractivity contribution in [3.8, 4) is 0 Å². The third-order valence-electron chi connectivity index (χ3n) is 3.89. The van der Waals surface area contributed by atoms with Gasteiger partial charge in [0.25, 0.3) is 0 Å². The molecule has 2 unspecified atom stereocenters. The standard InChI is InChI=1S/C15H19BrO2/c16-14-7-3-4-11(9-14)8-12-5-1-2-6-13(12)10-15(17)18/h3-4,7,9,12-13H,1-2,5-6,8,10H2,(H,17,18). The van der Waals surface area contributed by atoms with Crippen LogP contribution in [0.1, 0.15) is 37.7 Å². The molecule has 2 atom stereocenters. The summed E-state index contributed by atoms with van der Waals surface area (Å²) in [7, 11) is 0. The van der Waals surface area contributed by atoms with Gasteiger partial charge in [-0.15, -0.1) is 0 Å². The largest absolute Gasteiger partial charge is 0.481 e. The fourth-order valence-corrected chi connectivity index (χ4v) is 3.46. The first-order valence-corrected chi connectivity index (χ1v) is 7.40. The Bertz CT molecular complexity index is 417. The lowest BCUT2D eigenvalue weighted by atomic mass is 9.75. The van der Waals surface area contributed by atoms with E-state index in [2.05, 4.69) is 34.1 Å². The molecule has 0 aliphatic heterocycles. The zero-order valence-electron chi connectivity index (χ0n) is 10.4. The van der Waals surface area contributed by atoms with Crippen LogP contribution >= 0.6 is 15.9 Å². The quantitative estimate of drug-likeness (QED) is 0.901. The molecule has 0 radical (unpaired) electrons. The van der Waals surface area contributed by atoms with Gasteiger partial charge in [-0.25, -0.2) is 0 Å². The normalized spacial score (nSPS) is 23.8. The van der Waals surface area contributed by atoms with Gasteiger partial charge in [0.05, 0.1) is 0 Å². The first kappa shape index (κ1) is 13.6. The summed E-state index contributed by atoms with van der Waals surface area (Å²) in [6.45, 7) is 0. The first-order chi connectivity index (χ1) is 8.65. The molecule has 2 rings (SSSR count). The molecule has 1 saturated carbocycles. The van der Waals surface area contributed by atoms with Crippen molar-refractivity contribution in [1.29, 1.82) is 0 Å². The molecule has 1 aromatic carbocycles. The van der Waals surface area contributed by atoms with E-state index in [1.807, 2.05) is 6.07 Å². The van der Waals surface area contributed by atoms with Gasteiger partial charge >= 0.3 is 5.97 Å². The summed E-state index contributed by atoms with van der Waals surface area (Å²) in [6.07, 6.45) is 6.02. The molecule has 1 N–H and O–H groups in total. The van der Waals surface area contributed by atoms with Crippen molar-refractivity contribution >= 4 is 21.9 Å². The van der Waals surface area contributed by atoms with Crippen LogP contribution in [-0.4, -0.2) is 11.1 Å². The highest BCUT2D eigenvalue weighted by Gasteiger charge is 2.27. The minimum atomic E-state index is -0.652. The minimum Gasteiger partial charge on any atom is -0.481 e. The topological polar surface area (TPSA) is 37.3 Å². The van der Waals surface area contributed by atoms with Crippen molar-refractivity contribution in [3.63, 3.8) is 0 Å². The van der Waals surface area contributed by atoms with E-state index in [1.165, 1.54) is 24.8 Å². The van der Waals surface area contributed by atoms with E-state index in [4.69, 9.17) is 5.11 Å². The molecule has 1 aliphatic carbocycles. The summed E-state index contributed by atoms with van der Waals surface area (Å²) < 4.78 is 1.10. The lowest BCUT2D eigenvalue weighted by Gasteiger charge is -2.30. The van der Waals surface area contributed by atoms with Crippen LogP contribution < -0.4 is 0 Å². The Hall–Kier alpha value is -0.830. The SMILES string of the molecule is O=C(O)CC1CCCCC1Cc1cccc(Br)c1. The molecule has 0 saturated heterocycles. The van der Waals surface area contributed by atoms with Gasteiger partial charge in [-0.05, 0) is 48.8 Å². The number of carboxylic acid groups (broad SMARTS) is 1. The second-order valence-electron chi connectivity index (χ2n) is 5.24. The van der Waals surface area contributed by atoms with E-state index in [-0.39, 0.29) is 0 Å². The number of carbonyl (C=O) groups is 1. The molecular weight excluding hydrogens is 292 g/mol. The Morgan fingerprint density at radius 3 is 2.67 bits per heavy atom. The molecular formula is C15H19BrO2. The maximum absolute atomic E-state index is 10.9. The third kappa shape index (κ3) is 3.84. The number of aliphatic carboxylic acids is 1. The molecule has 98 valence electrons. The molecule has 0 bridgehead atoms. The average molecular weight is 311 g/mol. The van der Waals surface area contributed by atoms with Crippen LogP contribution in [0.25, 0.3) is 0 Å². The lowest BCUT2D eigenvalue weighted by Crippen LogP contribution is -2.24. The molecule has 0 amide bonds. The summed E-state index contributed by atoms with van der Waals surface area (Å²) in [5, 5.41) is 8.99. The smallest absolute Gasteiger partial charge is 0.303 e. The maximum atomic E-state index is 10.9. The number of carboxylic acids is 1. The summed E-state index contributed by atoms with van der Waals surface area (Å²) in [5.41, 5.74) is 1.31. The van der Waals surface area contributed by atoms with E-state index < -0.39 is 5.97 Å². The number of rotatable bonds is 4. The van der Waals surface area contributed by atoms with Crippen molar-refractivity contribution in [3.05, 3.63) is 34.3 Å². The summed E-state index contributed by atoms with van der Waals surface area (Å²) in [6, 6.07) is 8.36. The molecule has 18 heavy (non-hydrogen) atoms. The van der Waals surface area contributed by atoms with Crippen molar-refractivity contribution < 1.29 is 9.90 Å². The fourth-order valence-electron chi connectivity index (χ4n) is 3.01. The van der Waals surface area contributed by atoms with Gasteiger partial charge in [0.1, 0.15) is 0 Å². The number of halogens is 1. The minimum absolute atomic E-state index is 0.332. The van der Waals surface area contributed by atoms with Crippen LogP contribution in [0.15, 0.2) is 28.7 Å². The van der Waals surface area contributed by atoms with Crippen LogP contribution in [0.5, 0.6) is 0 Å². The number of hydrogen-bond acceptors (Lipinski definition) is 1. The maximum Gasteiger partial charge on any atom is 0.303 e. The monoisotopic (exact) mass is 310 g/mol. The van der Waals surface area contributed by atoms with E-state index in [1.54, 1.807) is 0 Å². The Balaban J connectivity index is 2.03. The van der Waals surface area contributed by atoms with Crippen molar-refractivity contribution in [2.45, 2.75) is 38.5 Å². The van der Waals surface area contributed by atoms with E-state index in [0.29, 0.717) is 18.3 Å². The van der Waals surface area contributed by atoms with Crippen molar-refractivity contribution in [1.82, 2.24) is 0 Å². The highest BCUT2D eigenvalue weighted by atomic mass is 79.9. The Morgan fingerprint density at radius 2 is 2.00 bits per heavy atom. The molecule has 0 heterocycles. The first-order valence-electron chi connectivity index (χ1n) is 6.61. The van der Waals surface area contributed by atoms with Gasteiger partial charge in [-0.2, -0.15) is 0 Å². The van der Waals surface area contributed by atoms with Crippen LogP contribution in [0, 0.1) is 11.8 Å². The van der Waals surface area contributed by atoms with Gasteiger partial charge < -0.3 is 5.11 Å². The highest BCUT2D eigenvalue weighted by molar-refractivity contribution is 9.10. The van der Waals surface area contributed by atoms with Crippen LogP contribution in [-0.2, 0) is 11.2 Å². The molecule has 1 aliphatic rings. The predicted molar refractivity (Wildman–Crippen MR) is 75.5 cm³/mol. The van der Waals surface area contributed by atoms with Crippen molar-refractivity contribution in [2.24, 2.45) is 11.8 Å². The zero-order chi connectivity index (χ0) is 13.0. The second kappa shape index (κ2) is 6.37. The summed E-state index contributed by atoms with van der Waals surface area (Å²) >= 11 is 3.49. The number of benzene rings is 1. The van der Waals surface area contributed by atoms with Gasteiger partial charge in [0, 0.05) is 10.9 Å². The van der Waals surface area contributed by atoms with E-state index >= 15 is 0 Å². The van der Waals surface area contributed by atoms with Gasteiger partial charge in [0.2, 0.25) is 0 Å². The average Bonchev–Trinajstić information content (AvgIpc) is 2.31. The fraction of sp³-hybridized carbons (Fsp3) is 0.533. The van der Waals surface area contributed by atoms with E-state index in [0.717, 1.165) is 17.3 Å². The molecule has 2 nitrogen and oxygen atoms in total. The predicted octanol–water partition coefficient (Wildman–Crippen LogP) is 4.27. The second-order valence-corrected chi connectivity index (χ2v) is 6.15. The Labute approximate surface area is 117 Å². The molecule has 0 aromatic heterocycles. The number of hydrogen-bond donors (Lipinski definition) is 1. The third-order valence-corrected chi connectivity index (χ3v) is 4.38. The van der Waals surface area contributed by atoms with Gasteiger partial charge in [0.15, 0.2) is 0 Å². The highest BCUT2D eigenvalue weighted by Crippen LogP contribution is 2.35. The zero-order valence-corrected chi connectivity index (χ0v) is 12.0. The molecule has 3 heteroatoms. The van der Waals surface area contributed by atoms with Gasteiger partial charge in [-0.1, -0.05) is 40.9 Å². The van der Waals surface area contributed by atoms with E-state index in [9.17, 15) is 4.79 Å². The molecule has 1 aromatic rings. The molecule has 0 spiro atoms. The Morgan fingerprint density at radius 1 is 1.28 bits per heavy atom. The van der Waals surface area contributed by atoms with Crippen molar-refractivity contribution in [2.75, 3.05) is 0 Å². The van der Waals surface area contributed by atoms with Crippen LogP contribution in [0.2, 0.25) is 0 Å². The molecule has 1 fully saturated rings. The summed E-state index contributed by atoms with van der Waals surface area (Å²) in [5.74, 6) is 0.237. The Kier molecular flexibility index (Phi) is 4.81. The summed E-state index contributed by atoms with van der Waals surface area (Å²) in [4.78, 5) is 10.9. The van der Waals surface area contributed by atoms with Crippen LogP contribution in [0.4, 0.5) is 0 Å².